The summed E-state index contributed by atoms with van der Waals surface area (Å²) >= 11 is 8.39. The third-order valence-corrected chi connectivity index (χ3v) is 5.53. The second-order valence-electron chi connectivity index (χ2n) is 4.48. The van der Waals surface area contributed by atoms with Gasteiger partial charge in [0.05, 0.1) is 7.57 Å². The van der Waals surface area contributed by atoms with E-state index in [1.165, 1.54) is 16.7 Å². The number of rotatable bonds is 3. The van der Waals surface area contributed by atoms with Crippen molar-refractivity contribution >= 4 is 59.8 Å². The SMILES string of the molecule is O=C(Cc1cccc2ccccc12)c1cc(Br)sc1Br. The van der Waals surface area contributed by atoms with Crippen LogP contribution in [0.1, 0.15) is 15.9 Å². The van der Waals surface area contributed by atoms with Crippen LogP contribution >= 0.6 is 43.2 Å². The molecule has 0 aliphatic carbocycles. The maximum absolute atomic E-state index is 12.4. The third kappa shape index (κ3) is 2.73. The first-order chi connectivity index (χ1) is 9.65. The molecule has 100 valence electrons. The highest BCUT2D eigenvalue weighted by Crippen LogP contribution is 2.33. The Morgan fingerprint density at radius 3 is 2.55 bits per heavy atom. The molecule has 1 aromatic heterocycles. The predicted molar refractivity (Wildman–Crippen MR) is 91.7 cm³/mol. The first kappa shape index (κ1) is 14.0. The molecule has 0 aliphatic rings. The highest BCUT2D eigenvalue weighted by atomic mass is 79.9. The van der Waals surface area contributed by atoms with Gasteiger partial charge in [0.25, 0.3) is 0 Å². The van der Waals surface area contributed by atoms with Gasteiger partial charge >= 0.3 is 0 Å². The molecule has 0 atom stereocenters. The van der Waals surface area contributed by atoms with Crippen LogP contribution in [0.4, 0.5) is 0 Å². The molecule has 0 amide bonds. The van der Waals surface area contributed by atoms with Crippen LogP contribution in [0.5, 0.6) is 0 Å². The maximum atomic E-state index is 12.4. The number of halogens is 2. The van der Waals surface area contributed by atoms with E-state index in [1.807, 2.05) is 30.3 Å². The molecule has 0 radical (unpaired) electrons. The van der Waals surface area contributed by atoms with E-state index < -0.39 is 0 Å². The van der Waals surface area contributed by atoms with Crippen LogP contribution in [0.25, 0.3) is 10.8 Å². The largest absolute Gasteiger partial charge is 0.294 e. The minimum Gasteiger partial charge on any atom is -0.294 e. The van der Waals surface area contributed by atoms with Crippen molar-refractivity contribution in [3.63, 3.8) is 0 Å². The first-order valence-electron chi connectivity index (χ1n) is 6.10. The van der Waals surface area contributed by atoms with E-state index in [2.05, 4.69) is 50.1 Å². The quantitative estimate of drug-likeness (QED) is 0.495. The summed E-state index contributed by atoms with van der Waals surface area (Å²) in [6, 6.07) is 16.1. The smallest absolute Gasteiger partial charge is 0.169 e. The number of thiophene rings is 1. The molecule has 2 aromatic carbocycles. The first-order valence-corrected chi connectivity index (χ1v) is 8.50. The number of benzene rings is 2. The summed E-state index contributed by atoms with van der Waals surface area (Å²) in [4.78, 5) is 12.4. The van der Waals surface area contributed by atoms with E-state index in [0.717, 1.165) is 24.1 Å². The number of carbonyl (C=O) groups is 1. The molecule has 0 bridgehead atoms. The van der Waals surface area contributed by atoms with Crippen LogP contribution in [-0.4, -0.2) is 5.78 Å². The number of carbonyl (C=O) groups excluding carboxylic acids is 1. The molecule has 1 heterocycles. The topological polar surface area (TPSA) is 17.1 Å². The summed E-state index contributed by atoms with van der Waals surface area (Å²) in [5.41, 5.74) is 1.82. The lowest BCUT2D eigenvalue weighted by Crippen LogP contribution is -2.03. The Morgan fingerprint density at radius 2 is 1.80 bits per heavy atom. The van der Waals surface area contributed by atoms with Gasteiger partial charge in [0.2, 0.25) is 0 Å². The van der Waals surface area contributed by atoms with Crippen molar-refractivity contribution in [2.75, 3.05) is 0 Å². The van der Waals surface area contributed by atoms with Crippen LogP contribution in [0.3, 0.4) is 0 Å². The van der Waals surface area contributed by atoms with E-state index in [9.17, 15) is 4.79 Å². The molecule has 3 rings (SSSR count). The molecule has 0 saturated carbocycles. The van der Waals surface area contributed by atoms with Crippen molar-refractivity contribution in [2.24, 2.45) is 0 Å². The zero-order valence-electron chi connectivity index (χ0n) is 10.4. The molecule has 0 fully saturated rings. The molecule has 0 N–H and O–H groups in total. The molecule has 1 nitrogen and oxygen atoms in total. The van der Waals surface area contributed by atoms with Gasteiger partial charge < -0.3 is 0 Å². The fourth-order valence-corrected chi connectivity index (χ4v) is 5.10. The normalized spacial score (nSPS) is 10.9. The molecule has 0 aliphatic heterocycles. The summed E-state index contributed by atoms with van der Waals surface area (Å²) in [6.45, 7) is 0. The van der Waals surface area contributed by atoms with Gasteiger partial charge in [-0.1, -0.05) is 42.5 Å². The lowest BCUT2D eigenvalue weighted by Gasteiger charge is -2.05. The number of hydrogen-bond acceptors (Lipinski definition) is 2. The lowest BCUT2D eigenvalue weighted by molar-refractivity contribution is 0.0993. The molecular formula is C16H10Br2OS. The predicted octanol–water partition coefficient (Wildman–Crippen LogP) is 5.85. The van der Waals surface area contributed by atoms with Crippen LogP contribution < -0.4 is 0 Å². The van der Waals surface area contributed by atoms with Crippen LogP contribution in [-0.2, 0) is 6.42 Å². The van der Waals surface area contributed by atoms with Gasteiger partial charge in [-0.15, -0.1) is 11.3 Å². The fraction of sp³-hybridized carbons (Fsp3) is 0.0625. The van der Waals surface area contributed by atoms with Crippen molar-refractivity contribution in [3.05, 3.63) is 67.2 Å². The molecule has 4 heteroatoms. The van der Waals surface area contributed by atoms with Crippen molar-refractivity contribution in [1.82, 2.24) is 0 Å². The minimum atomic E-state index is 0.134. The van der Waals surface area contributed by atoms with Gasteiger partial charge in [-0.25, -0.2) is 0 Å². The monoisotopic (exact) mass is 408 g/mol. The molecular weight excluding hydrogens is 400 g/mol. The van der Waals surface area contributed by atoms with Gasteiger partial charge in [-0.3, -0.25) is 4.79 Å². The van der Waals surface area contributed by atoms with Gasteiger partial charge in [0.1, 0.15) is 0 Å². The van der Waals surface area contributed by atoms with Gasteiger partial charge in [-0.2, -0.15) is 0 Å². The second kappa shape index (κ2) is 5.80. The molecule has 0 spiro atoms. The van der Waals surface area contributed by atoms with Gasteiger partial charge in [0, 0.05) is 12.0 Å². The maximum Gasteiger partial charge on any atom is 0.169 e. The Labute approximate surface area is 137 Å². The summed E-state index contributed by atoms with van der Waals surface area (Å²) in [5, 5.41) is 2.32. The Bertz CT molecular complexity index is 787. The molecule has 0 saturated heterocycles. The molecule has 0 unspecified atom stereocenters. The van der Waals surface area contributed by atoms with Crippen molar-refractivity contribution < 1.29 is 4.79 Å². The Kier molecular flexibility index (Phi) is 4.06. The standard InChI is InChI=1S/C16H10Br2OS/c17-15-9-13(16(18)20-15)14(19)8-11-6-3-5-10-4-1-2-7-12(10)11/h1-7,9H,8H2. The van der Waals surface area contributed by atoms with Crippen LogP contribution in [0.2, 0.25) is 0 Å². The Morgan fingerprint density at radius 1 is 1.05 bits per heavy atom. The van der Waals surface area contributed by atoms with Gasteiger partial charge in [0.15, 0.2) is 5.78 Å². The number of fused-ring (bicyclic) bond motifs is 1. The highest BCUT2D eigenvalue weighted by molar-refractivity contribution is 9.12. The highest BCUT2D eigenvalue weighted by Gasteiger charge is 2.15. The third-order valence-electron chi connectivity index (χ3n) is 3.19. The number of Topliss-reactive ketones (excluding diaryl/α,β-unsaturated/α-hetero) is 1. The van der Waals surface area contributed by atoms with Crippen molar-refractivity contribution in [2.45, 2.75) is 6.42 Å². The summed E-state index contributed by atoms with van der Waals surface area (Å²) in [7, 11) is 0. The number of hydrogen-bond donors (Lipinski definition) is 0. The Balaban J connectivity index is 1.97. The van der Waals surface area contributed by atoms with Crippen molar-refractivity contribution in [3.8, 4) is 0 Å². The lowest BCUT2D eigenvalue weighted by atomic mass is 9.99. The molecule has 20 heavy (non-hydrogen) atoms. The fourth-order valence-electron chi connectivity index (χ4n) is 2.25. The summed E-state index contributed by atoms with van der Waals surface area (Å²) in [5.74, 6) is 0.134. The summed E-state index contributed by atoms with van der Waals surface area (Å²) < 4.78 is 1.85. The van der Waals surface area contributed by atoms with E-state index in [1.54, 1.807) is 0 Å². The van der Waals surface area contributed by atoms with E-state index in [4.69, 9.17) is 0 Å². The summed E-state index contributed by atoms with van der Waals surface area (Å²) in [6.07, 6.45) is 0.420. The second-order valence-corrected chi connectivity index (χ2v) is 8.23. The zero-order valence-corrected chi connectivity index (χ0v) is 14.4. The average Bonchev–Trinajstić information content (AvgIpc) is 2.78. The van der Waals surface area contributed by atoms with Gasteiger partial charge in [-0.05, 0) is 54.3 Å². The van der Waals surface area contributed by atoms with E-state index in [0.29, 0.717) is 6.42 Å². The Hall–Kier alpha value is -0.970. The van der Waals surface area contributed by atoms with E-state index >= 15 is 0 Å². The van der Waals surface area contributed by atoms with Crippen LogP contribution in [0.15, 0.2) is 56.1 Å². The minimum absolute atomic E-state index is 0.134. The van der Waals surface area contributed by atoms with E-state index in [-0.39, 0.29) is 5.78 Å². The van der Waals surface area contributed by atoms with Crippen molar-refractivity contribution in [1.29, 1.82) is 0 Å². The zero-order chi connectivity index (χ0) is 14.1. The molecule has 3 aromatic rings. The van der Waals surface area contributed by atoms with Crippen LogP contribution in [0, 0.1) is 0 Å². The number of ketones is 1. The average molecular weight is 410 g/mol.